The molecule has 2 rings (SSSR count). The molecule has 2 heterocycles. The topological polar surface area (TPSA) is 91.8 Å². The number of carbonyl (C=O) groups excluding carboxylic acids is 1. The van der Waals surface area contributed by atoms with Gasteiger partial charge in [0.1, 0.15) is 12.2 Å². The normalized spacial score (nSPS) is 20.6. The van der Waals surface area contributed by atoms with Crippen molar-refractivity contribution in [2.24, 2.45) is 5.41 Å². The number of aromatic nitrogens is 1. The third-order valence-corrected chi connectivity index (χ3v) is 4.72. The first kappa shape index (κ1) is 21.8. The van der Waals surface area contributed by atoms with E-state index in [0.29, 0.717) is 19.4 Å². The lowest BCUT2D eigenvalue weighted by molar-refractivity contribution is -0.139. The van der Waals surface area contributed by atoms with Crippen molar-refractivity contribution in [1.82, 2.24) is 15.2 Å². The molecular weight excluding hydrogens is 379 g/mol. The van der Waals surface area contributed by atoms with E-state index >= 15 is 0 Å². The first-order valence-electron chi connectivity index (χ1n) is 8.87. The largest absolute Gasteiger partial charge is 0.476 e. The summed E-state index contributed by atoms with van der Waals surface area (Å²) in [5, 5.41) is 11.9. The monoisotopic (exact) mass is 403 g/mol. The van der Waals surface area contributed by atoms with Gasteiger partial charge in [-0.05, 0) is 45.7 Å². The maximum absolute atomic E-state index is 13.0. The third kappa shape index (κ3) is 5.26. The van der Waals surface area contributed by atoms with Crippen LogP contribution in [0, 0.1) is 5.41 Å². The predicted molar refractivity (Wildman–Crippen MR) is 93.9 cm³/mol. The lowest BCUT2D eigenvalue weighted by Crippen LogP contribution is -2.53. The molecular formula is C18H24F3N3O4. The van der Waals surface area contributed by atoms with Crippen LogP contribution in [0.1, 0.15) is 39.2 Å². The van der Waals surface area contributed by atoms with Gasteiger partial charge < -0.3 is 20.1 Å². The Morgan fingerprint density at radius 1 is 1.39 bits per heavy atom. The van der Waals surface area contributed by atoms with Crippen LogP contribution in [0.4, 0.5) is 18.0 Å². The van der Waals surface area contributed by atoms with Gasteiger partial charge in [-0.25, -0.2) is 9.78 Å². The van der Waals surface area contributed by atoms with Gasteiger partial charge in [-0.2, -0.15) is 13.2 Å². The summed E-state index contributed by atoms with van der Waals surface area (Å²) in [6, 6.07) is 1.59. The summed E-state index contributed by atoms with van der Waals surface area (Å²) >= 11 is 0. The zero-order valence-electron chi connectivity index (χ0n) is 15.9. The minimum Gasteiger partial charge on any atom is -0.476 e. The van der Waals surface area contributed by atoms with Crippen LogP contribution in [0.15, 0.2) is 18.3 Å². The molecule has 1 aromatic heterocycles. The second-order valence-electron chi connectivity index (χ2n) is 7.55. The van der Waals surface area contributed by atoms with Crippen molar-refractivity contribution in [3.8, 4) is 5.88 Å². The average molecular weight is 403 g/mol. The molecule has 0 aromatic carbocycles. The highest BCUT2D eigenvalue weighted by atomic mass is 19.4. The molecule has 1 aliphatic rings. The molecule has 156 valence electrons. The van der Waals surface area contributed by atoms with Crippen LogP contribution < -0.4 is 10.1 Å². The number of carbonyl (C=O) groups is 2. The number of hydrogen-bond donors (Lipinski definition) is 2. The molecule has 2 N–H and O–H groups in total. The van der Waals surface area contributed by atoms with E-state index in [4.69, 9.17) is 9.84 Å². The number of ether oxygens (including phenoxy) is 1. The quantitative estimate of drug-likeness (QED) is 0.788. The third-order valence-electron chi connectivity index (χ3n) is 4.72. The molecule has 1 saturated heterocycles. The summed E-state index contributed by atoms with van der Waals surface area (Å²) < 4.78 is 44.3. The summed E-state index contributed by atoms with van der Waals surface area (Å²) in [5.74, 6) is -0.947. The summed E-state index contributed by atoms with van der Waals surface area (Å²) in [7, 11) is 0. The number of pyridine rings is 1. The van der Waals surface area contributed by atoms with E-state index < -0.39 is 29.1 Å². The maximum Gasteiger partial charge on any atom is 0.421 e. The van der Waals surface area contributed by atoms with Gasteiger partial charge >= 0.3 is 12.3 Å². The van der Waals surface area contributed by atoms with Crippen LogP contribution in [0.5, 0.6) is 5.88 Å². The second kappa shape index (κ2) is 8.24. The van der Waals surface area contributed by atoms with Crippen molar-refractivity contribution in [1.29, 1.82) is 0 Å². The number of carboxylic acid groups (broad SMARTS) is 1. The van der Waals surface area contributed by atoms with Crippen molar-refractivity contribution in [2.75, 3.05) is 13.2 Å². The van der Waals surface area contributed by atoms with Crippen LogP contribution in [-0.4, -0.2) is 52.2 Å². The van der Waals surface area contributed by atoms with Crippen molar-refractivity contribution in [3.05, 3.63) is 23.9 Å². The molecule has 0 radical (unpaired) electrons. The number of amides is 2. The Bertz CT molecular complexity index is 724. The van der Waals surface area contributed by atoms with E-state index in [1.165, 1.54) is 11.1 Å². The fourth-order valence-electron chi connectivity index (χ4n) is 3.00. The standard InChI is InChI=1S/C18H24F3N3O4/c1-11-9-12(6-8-24(11)16(26)27)23-15(25)17(2,3)10-28-14-13(18(19,20)21)5-4-7-22-14/h4-5,7,11-12H,6,8-10H2,1-3H3,(H,23,25)(H,26,27)/t11-,12-/m1/s1. The zero-order valence-corrected chi connectivity index (χ0v) is 15.9. The van der Waals surface area contributed by atoms with Gasteiger partial charge in [0.15, 0.2) is 0 Å². The first-order chi connectivity index (χ1) is 12.9. The molecule has 0 unspecified atom stereocenters. The fraction of sp³-hybridized carbons (Fsp3) is 0.611. The number of hydrogen-bond acceptors (Lipinski definition) is 4. The van der Waals surface area contributed by atoms with Crippen molar-refractivity contribution in [3.63, 3.8) is 0 Å². The van der Waals surface area contributed by atoms with Crippen LogP contribution >= 0.6 is 0 Å². The van der Waals surface area contributed by atoms with Crippen LogP contribution in [0.3, 0.4) is 0 Å². The molecule has 1 fully saturated rings. The minimum atomic E-state index is -4.61. The van der Waals surface area contributed by atoms with Crippen LogP contribution in [-0.2, 0) is 11.0 Å². The summed E-state index contributed by atoms with van der Waals surface area (Å²) in [5.41, 5.74) is -2.10. The number of rotatable bonds is 5. The zero-order chi connectivity index (χ0) is 21.1. The number of likely N-dealkylation sites (tertiary alicyclic amines) is 1. The van der Waals surface area contributed by atoms with Crippen molar-refractivity contribution < 1.29 is 32.6 Å². The number of nitrogens with zero attached hydrogens (tertiary/aromatic N) is 2. The molecule has 0 saturated carbocycles. The van der Waals surface area contributed by atoms with Gasteiger partial charge in [0.05, 0.1) is 5.41 Å². The molecule has 28 heavy (non-hydrogen) atoms. The minimum absolute atomic E-state index is 0.210. The summed E-state index contributed by atoms with van der Waals surface area (Å²) in [4.78, 5) is 28.6. The smallest absolute Gasteiger partial charge is 0.421 e. The lowest BCUT2D eigenvalue weighted by atomic mass is 9.91. The van der Waals surface area contributed by atoms with Gasteiger partial charge in [0.2, 0.25) is 11.8 Å². The van der Waals surface area contributed by atoms with E-state index in [-0.39, 0.29) is 24.6 Å². The maximum atomic E-state index is 13.0. The van der Waals surface area contributed by atoms with Gasteiger partial charge in [-0.1, -0.05) is 0 Å². The number of nitrogens with one attached hydrogen (secondary N) is 1. The van der Waals surface area contributed by atoms with E-state index in [0.717, 1.165) is 12.1 Å². The molecule has 1 aliphatic heterocycles. The highest BCUT2D eigenvalue weighted by Crippen LogP contribution is 2.35. The Labute approximate surface area is 160 Å². The van der Waals surface area contributed by atoms with Crippen molar-refractivity contribution >= 4 is 12.0 Å². The number of piperidine rings is 1. The molecule has 0 bridgehead atoms. The number of halogens is 3. The van der Waals surface area contributed by atoms with E-state index in [2.05, 4.69) is 10.3 Å². The van der Waals surface area contributed by atoms with Gasteiger partial charge in [0.25, 0.3) is 0 Å². The summed E-state index contributed by atoms with van der Waals surface area (Å²) in [6.45, 7) is 4.91. The Kier molecular flexibility index (Phi) is 6.41. The molecule has 0 aliphatic carbocycles. The van der Waals surface area contributed by atoms with E-state index in [9.17, 15) is 22.8 Å². The van der Waals surface area contributed by atoms with Crippen LogP contribution in [0.2, 0.25) is 0 Å². The Balaban J connectivity index is 1.96. The highest BCUT2D eigenvalue weighted by Gasteiger charge is 2.37. The lowest BCUT2D eigenvalue weighted by Gasteiger charge is -2.37. The molecule has 2 amide bonds. The Morgan fingerprint density at radius 2 is 2.07 bits per heavy atom. The average Bonchev–Trinajstić information content (AvgIpc) is 2.59. The predicted octanol–water partition coefficient (Wildman–Crippen LogP) is 3.15. The SMILES string of the molecule is C[C@@H]1C[C@H](NC(=O)C(C)(C)COc2ncccc2C(F)(F)F)CCN1C(=O)O. The van der Waals surface area contributed by atoms with Gasteiger partial charge in [-0.15, -0.1) is 0 Å². The molecule has 7 nitrogen and oxygen atoms in total. The van der Waals surface area contributed by atoms with Crippen molar-refractivity contribution in [2.45, 2.75) is 51.9 Å². The van der Waals surface area contributed by atoms with Gasteiger partial charge in [-0.3, -0.25) is 4.79 Å². The van der Waals surface area contributed by atoms with E-state index in [1.807, 2.05) is 0 Å². The Morgan fingerprint density at radius 3 is 2.64 bits per heavy atom. The fourth-order valence-corrected chi connectivity index (χ4v) is 3.00. The molecule has 0 spiro atoms. The number of alkyl halides is 3. The molecule has 2 atom stereocenters. The highest BCUT2D eigenvalue weighted by molar-refractivity contribution is 5.82. The molecule has 10 heteroatoms. The van der Waals surface area contributed by atoms with Gasteiger partial charge in [0, 0.05) is 24.8 Å². The molecule has 1 aromatic rings. The Hall–Kier alpha value is -2.52. The van der Waals surface area contributed by atoms with Crippen LogP contribution in [0.25, 0.3) is 0 Å². The second-order valence-corrected chi connectivity index (χ2v) is 7.55. The first-order valence-corrected chi connectivity index (χ1v) is 8.87. The van der Waals surface area contributed by atoms with E-state index in [1.54, 1.807) is 20.8 Å². The summed E-state index contributed by atoms with van der Waals surface area (Å²) in [6.07, 6.45) is -3.48.